The minimum atomic E-state index is -0.434. The number of aliphatic imine (C=N–C) groups is 1. The molecule has 2 aliphatic rings. The van der Waals surface area contributed by atoms with Gasteiger partial charge in [0, 0.05) is 31.7 Å². The highest BCUT2D eigenvalue weighted by atomic mass is 16.6. The second-order valence-corrected chi connectivity index (χ2v) is 6.41. The average molecular weight is 279 g/mol. The summed E-state index contributed by atoms with van der Waals surface area (Å²) in [4.78, 5) is 20.5. The molecule has 0 aliphatic carbocycles. The van der Waals surface area contributed by atoms with Crippen molar-refractivity contribution in [2.24, 2.45) is 4.99 Å². The first-order chi connectivity index (χ1) is 9.46. The number of amides is 1. The molecule has 5 heteroatoms. The molecule has 0 spiro atoms. The van der Waals surface area contributed by atoms with Crippen LogP contribution < -0.4 is 0 Å². The van der Waals surface area contributed by atoms with Gasteiger partial charge in [-0.25, -0.2) is 4.79 Å². The molecule has 0 N–H and O–H groups in total. The molecule has 0 bridgehead atoms. The van der Waals surface area contributed by atoms with Crippen LogP contribution in [0.3, 0.4) is 0 Å². The maximum absolute atomic E-state index is 12.3. The Kier molecular flexibility index (Phi) is 4.68. The number of carbonyl (C=O) groups excluding carboxylic acids is 1. The zero-order chi connectivity index (χ0) is 14.6. The van der Waals surface area contributed by atoms with E-state index in [4.69, 9.17) is 4.74 Å². The monoisotopic (exact) mass is 279 g/mol. The summed E-state index contributed by atoms with van der Waals surface area (Å²) in [7, 11) is 0. The molecule has 2 heterocycles. The van der Waals surface area contributed by atoms with Gasteiger partial charge in [-0.15, -0.1) is 0 Å². The topological polar surface area (TPSA) is 45.1 Å². The summed E-state index contributed by atoms with van der Waals surface area (Å²) in [5.74, 6) is 0. The molecule has 5 nitrogen and oxygen atoms in total. The van der Waals surface area contributed by atoms with Crippen molar-refractivity contribution in [3.8, 4) is 0 Å². The van der Waals surface area contributed by atoms with Crippen molar-refractivity contribution in [2.45, 2.75) is 51.7 Å². The average Bonchev–Trinajstić information content (AvgIpc) is 2.38. The van der Waals surface area contributed by atoms with Gasteiger partial charge < -0.3 is 14.5 Å². The quantitative estimate of drug-likeness (QED) is 0.780. The van der Waals surface area contributed by atoms with E-state index in [1.165, 1.54) is 6.42 Å². The molecule has 112 valence electrons. The smallest absolute Gasteiger partial charge is 0.410 e. The van der Waals surface area contributed by atoms with Gasteiger partial charge in [0.25, 0.3) is 0 Å². The molecule has 1 fully saturated rings. The Morgan fingerprint density at radius 1 is 1.40 bits per heavy atom. The lowest BCUT2D eigenvalue weighted by atomic mass is 10.0. The lowest BCUT2D eigenvalue weighted by molar-refractivity contribution is 0.00725. The van der Waals surface area contributed by atoms with Crippen molar-refractivity contribution < 1.29 is 9.53 Å². The van der Waals surface area contributed by atoms with Gasteiger partial charge in [0.05, 0.1) is 12.6 Å². The Balaban J connectivity index is 1.96. The van der Waals surface area contributed by atoms with Gasteiger partial charge in [0.1, 0.15) is 5.60 Å². The standard InChI is InChI=1S/C15H25N3O2/c1-15(2,3)20-14(19)18-9-5-4-6-13(18)12-17-10-7-16-8-11-17/h7-8,10,13H,4-6,9,11-12H2,1-3H3. The summed E-state index contributed by atoms with van der Waals surface area (Å²) < 4.78 is 5.52. The molecule has 0 aromatic heterocycles. The van der Waals surface area contributed by atoms with E-state index in [1.54, 1.807) is 6.20 Å². The fraction of sp³-hybridized carbons (Fsp3) is 0.733. The van der Waals surface area contributed by atoms with Crippen LogP contribution in [0, 0.1) is 0 Å². The van der Waals surface area contributed by atoms with Gasteiger partial charge in [0.15, 0.2) is 0 Å². The normalized spacial score (nSPS) is 23.1. The molecule has 1 saturated heterocycles. The van der Waals surface area contributed by atoms with Crippen LogP contribution in [-0.2, 0) is 4.74 Å². The highest BCUT2D eigenvalue weighted by molar-refractivity contribution is 5.68. The van der Waals surface area contributed by atoms with E-state index in [9.17, 15) is 4.79 Å². The predicted molar refractivity (Wildman–Crippen MR) is 79.8 cm³/mol. The molecule has 0 saturated carbocycles. The molecule has 1 unspecified atom stereocenters. The molecular formula is C15H25N3O2. The lowest BCUT2D eigenvalue weighted by Crippen LogP contribution is -2.50. The first-order valence-electron chi connectivity index (χ1n) is 7.38. The Morgan fingerprint density at radius 3 is 2.85 bits per heavy atom. The van der Waals surface area contributed by atoms with Crippen LogP contribution in [0.1, 0.15) is 40.0 Å². The van der Waals surface area contributed by atoms with Crippen LogP contribution in [0.25, 0.3) is 0 Å². The summed E-state index contributed by atoms with van der Waals surface area (Å²) in [5, 5.41) is 0. The summed E-state index contributed by atoms with van der Waals surface area (Å²) in [6, 6.07) is 0.231. The molecule has 1 atom stereocenters. The van der Waals surface area contributed by atoms with E-state index in [-0.39, 0.29) is 12.1 Å². The van der Waals surface area contributed by atoms with Crippen LogP contribution in [0.2, 0.25) is 0 Å². The van der Waals surface area contributed by atoms with Gasteiger partial charge in [0.2, 0.25) is 0 Å². The number of piperidine rings is 1. The minimum Gasteiger partial charge on any atom is -0.444 e. The summed E-state index contributed by atoms with van der Waals surface area (Å²) in [6.07, 6.45) is 8.77. The maximum Gasteiger partial charge on any atom is 0.410 e. The predicted octanol–water partition coefficient (Wildman–Crippen LogP) is 2.63. The first-order valence-corrected chi connectivity index (χ1v) is 7.38. The van der Waals surface area contributed by atoms with E-state index in [2.05, 4.69) is 9.89 Å². The van der Waals surface area contributed by atoms with Gasteiger partial charge in [-0.3, -0.25) is 4.99 Å². The maximum atomic E-state index is 12.3. The Morgan fingerprint density at radius 2 is 2.20 bits per heavy atom. The number of hydrogen-bond donors (Lipinski definition) is 0. The molecule has 2 rings (SSSR count). The molecule has 0 aromatic carbocycles. The zero-order valence-electron chi connectivity index (χ0n) is 12.7. The number of likely N-dealkylation sites (tertiary alicyclic amines) is 1. The third-order valence-corrected chi connectivity index (χ3v) is 3.49. The van der Waals surface area contributed by atoms with Crippen LogP contribution in [0.5, 0.6) is 0 Å². The number of carbonyl (C=O) groups is 1. The Hall–Kier alpha value is -1.52. The summed E-state index contributed by atoms with van der Waals surface area (Å²) in [6.45, 7) is 8.19. The zero-order valence-corrected chi connectivity index (χ0v) is 12.7. The fourth-order valence-corrected chi connectivity index (χ4v) is 2.56. The number of rotatable bonds is 2. The van der Waals surface area contributed by atoms with Crippen molar-refractivity contribution in [1.29, 1.82) is 0 Å². The van der Waals surface area contributed by atoms with Crippen LogP contribution >= 0.6 is 0 Å². The third-order valence-electron chi connectivity index (χ3n) is 3.49. The Labute approximate surface area is 121 Å². The molecule has 1 amide bonds. The molecule has 2 aliphatic heterocycles. The van der Waals surface area contributed by atoms with Crippen molar-refractivity contribution >= 4 is 12.3 Å². The third kappa shape index (κ3) is 4.25. The first kappa shape index (κ1) is 14.9. The molecule has 20 heavy (non-hydrogen) atoms. The minimum absolute atomic E-state index is 0.183. The van der Waals surface area contributed by atoms with Crippen LogP contribution in [-0.4, -0.2) is 53.4 Å². The number of ether oxygens (including phenoxy) is 1. The number of nitrogens with zero attached hydrogens (tertiary/aromatic N) is 3. The SMILES string of the molecule is CC(C)(C)OC(=O)N1CCCCC1CN1C=CN=CC1. The Bertz CT molecular complexity index is 398. The van der Waals surface area contributed by atoms with E-state index in [1.807, 2.05) is 38.1 Å². The van der Waals surface area contributed by atoms with Gasteiger partial charge in [-0.2, -0.15) is 0 Å². The van der Waals surface area contributed by atoms with E-state index < -0.39 is 5.60 Å². The van der Waals surface area contributed by atoms with E-state index in [0.29, 0.717) is 0 Å². The molecule has 0 radical (unpaired) electrons. The highest BCUT2D eigenvalue weighted by Gasteiger charge is 2.31. The van der Waals surface area contributed by atoms with Crippen molar-refractivity contribution in [2.75, 3.05) is 19.6 Å². The fourth-order valence-electron chi connectivity index (χ4n) is 2.56. The van der Waals surface area contributed by atoms with E-state index in [0.717, 1.165) is 32.5 Å². The van der Waals surface area contributed by atoms with Crippen molar-refractivity contribution in [3.63, 3.8) is 0 Å². The van der Waals surface area contributed by atoms with E-state index >= 15 is 0 Å². The molecular weight excluding hydrogens is 254 g/mol. The summed E-state index contributed by atoms with van der Waals surface area (Å²) in [5.41, 5.74) is -0.434. The van der Waals surface area contributed by atoms with Crippen molar-refractivity contribution in [1.82, 2.24) is 9.80 Å². The van der Waals surface area contributed by atoms with Crippen molar-refractivity contribution in [3.05, 3.63) is 12.4 Å². The van der Waals surface area contributed by atoms with Crippen LogP contribution in [0.4, 0.5) is 4.79 Å². The van der Waals surface area contributed by atoms with Crippen LogP contribution in [0.15, 0.2) is 17.4 Å². The molecule has 0 aromatic rings. The second-order valence-electron chi connectivity index (χ2n) is 6.41. The lowest BCUT2D eigenvalue weighted by Gasteiger charge is -2.39. The van der Waals surface area contributed by atoms with Gasteiger partial charge in [-0.1, -0.05) is 0 Å². The van der Waals surface area contributed by atoms with Gasteiger partial charge >= 0.3 is 6.09 Å². The second kappa shape index (κ2) is 6.29. The highest BCUT2D eigenvalue weighted by Crippen LogP contribution is 2.21. The van der Waals surface area contributed by atoms with Gasteiger partial charge in [-0.05, 0) is 40.0 Å². The number of hydrogen-bond acceptors (Lipinski definition) is 4. The largest absolute Gasteiger partial charge is 0.444 e. The summed E-state index contributed by atoms with van der Waals surface area (Å²) >= 11 is 0.